The fourth-order valence-corrected chi connectivity index (χ4v) is 2.34. The Morgan fingerprint density at radius 1 is 1.18 bits per heavy atom. The number of piperazine rings is 1. The van der Waals surface area contributed by atoms with Crippen molar-refractivity contribution in [3.8, 4) is 0 Å². The molecule has 0 atom stereocenters. The van der Waals surface area contributed by atoms with E-state index in [4.69, 9.17) is 0 Å². The van der Waals surface area contributed by atoms with Crippen LogP contribution in [0.15, 0.2) is 24.5 Å². The first-order chi connectivity index (χ1) is 8.24. The summed E-state index contributed by atoms with van der Waals surface area (Å²) in [7, 11) is 2.18. The summed E-state index contributed by atoms with van der Waals surface area (Å²) in [6.07, 6.45) is 4.10. The summed E-state index contributed by atoms with van der Waals surface area (Å²) in [6, 6.07) is 4.26. The van der Waals surface area contributed by atoms with Crippen molar-refractivity contribution < 1.29 is 0 Å². The minimum absolute atomic E-state index is 1.04. The second kappa shape index (κ2) is 4.04. The molecule has 0 spiro atoms. The van der Waals surface area contributed by atoms with Crippen molar-refractivity contribution in [2.75, 3.05) is 38.1 Å². The van der Waals surface area contributed by atoms with E-state index in [1.165, 1.54) is 11.4 Å². The SMILES string of the molecule is Cc1ccn2c(N3CCN(C)CC3)cnc2c1. The fourth-order valence-electron chi connectivity index (χ4n) is 2.34. The van der Waals surface area contributed by atoms with Crippen molar-refractivity contribution in [2.45, 2.75) is 6.92 Å². The zero-order valence-electron chi connectivity index (χ0n) is 10.4. The number of likely N-dealkylation sites (N-methyl/N-ethyl adjacent to an activating group) is 1. The number of hydrogen-bond acceptors (Lipinski definition) is 3. The van der Waals surface area contributed by atoms with E-state index in [0.29, 0.717) is 0 Å². The van der Waals surface area contributed by atoms with E-state index in [1.54, 1.807) is 0 Å². The molecule has 0 unspecified atom stereocenters. The van der Waals surface area contributed by atoms with Gasteiger partial charge in [0.2, 0.25) is 0 Å². The maximum atomic E-state index is 4.48. The van der Waals surface area contributed by atoms with Gasteiger partial charge in [0.05, 0.1) is 6.20 Å². The molecule has 0 radical (unpaired) electrons. The summed E-state index contributed by atoms with van der Waals surface area (Å²) < 4.78 is 2.18. The van der Waals surface area contributed by atoms with Gasteiger partial charge in [-0.15, -0.1) is 0 Å². The highest BCUT2D eigenvalue weighted by atomic mass is 15.3. The van der Waals surface area contributed by atoms with E-state index in [9.17, 15) is 0 Å². The lowest BCUT2D eigenvalue weighted by atomic mass is 10.3. The molecule has 4 heteroatoms. The molecule has 0 N–H and O–H groups in total. The van der Waals surface area contributed by atoms with Gasteiger partial charge < -0.3 is 9.80 Å². The second-order valence-corrected chi connectivity index (χ2v) is 4.84. The minimum atomic E-state index is 1.04. The lowest BCUT2D eigenvalue weighted by Gasteiger charge is -2.33. The van der Waals surface area contributed by atoms with Crippen molar-refractivity contribution in [3.05, 3.63) is 30.1 Å². The van der Waals surface area contributed by atoms with Crippen LogP contribution in [0.1, 0.15) is 5.56 Å². The highest BCUT2D eigenvalue weighted by molar-refractivity contribution is 5.53. The molecule has 1 fully saturated rings. The van der Waals surface area contributed by atoms with Crippen LogP contribution in [0.25, 0.3) is 5.65 Å². The van der Waals surface area contributed by atoms with Gasteiger partial charge in [-0.25, -0.2) is 4.98 Å². The molecule has 0 aromatic carbocycles. The first kappa shape index (κ1) is 10.6. The van der Waals surface area contributed by atoms with Gasteiger partial charge in [-0.2, -0.15) is 0 Å². The molecule has 3 rings (SSSR count). The summed E-state index contributed by atoms with van der Waals surface area (Å²) in [5.74, 6) is 1.22. The molecule has 0 bridgehead atoms. The second-order valence-electron chi connectivity index (χ2n) is 4.84. The highest BCUT2D eigenvalue weighted by Gasteiger charge is 2.17. The van der Waals surface area contributed by atoms with Gasteiger partial charge in [-0.1, -0.05) is 0 Å². The molecule has 2 aromatic heterocycles. The summed E-state index contributed by atoms with van der Waals surface area (Å²) in [5.41, 5.74) is 2.30. The summed E-state index contributed by atoms with van der Waals surface area (Å²) in [4.78, 5) is 9.26. The third-order valence-corrected chi connectivity index (χ3v) is 3.48. The molecule has 1 saturated heterocycles. The number of fused-ring (bicyclic) bond motifs is 1. The Hall–Kier alpha value is -1.55. The maximum absolute atomic E-state index is 4.48. The van der Waals surface area contributed by atoms with E-state index in [0.717, 1.165) is 31.8 Å². The van der Waals surface area contributed by atoms with Crippen LogP contribution in [0.3, 0.4) is 0 Å². The Labute approximate surface area is 101 Å². The van der Waals surface area contributed by atoms with Crippen molar-refractivity contribution in [1.29, 1.82) is 0 Å². The highest BCUT2D eigenvalue weighted by Crippen LogP contribution is 2.18. The monoisotopic (exact) mass is 230 g/mol. The van der Waals surface area contributed by atoms with Crippen LogP contribution in [0.4, 0.5) is 5.82 Å². The molecular formula is C13H18N4. The number of aryl methyl sites for hydroxylation is 1. The van der Waals surface area contributed by atoms with Crippen molar-refractivity contribution in [1.82, 2.24) is 14.3 Å². The zero-order chi connectivity index (χ0) is 11.8. The molecule has 90 valence electrons. The number of nitrogens with zero attached hydrogens (tertiary/aromatic N) is 4. The molecule has 0 aliphatic carbocycles. The van der Waals surface area contributed by atoms with Gasteiger partial charge in [0.25, 0.3) is 0 Å². The van der Waals surface area contributed by atoms with Crippen LogP contribution in [-0.4, -0.2) is 47.5 Å². The van der Waals surface area contributed by atoms with Gasteiger partial charge in [0.1, 0.15) is 11.5 Å². The smallest absolute Gasteiger partial charge is 0.138 e. The van der Waals surface area contributed by atoms with Crippen molar-refractivity contribution in [2.24, 2.45) is 0 Å². The molecule has 17 heavy (non-hydrogen) atoms. The van der Waals surface area contributed by atoms with Crippen LogP contribution in [-0.2, 0) is 0 Å². The third kappa shape index (κ3) is 1.89. The predicted molar refractivity (Wildman–Crippen MR) is 69.6 cm³/mol. The summed E-state index contributed by atoms with van der Waals surface area (Å²) in [6.45, 7) is 6.51. The third-order valence-electron chi connectivity index (χ3n) is 3.48. The maximum Gasteiger partial charge on any atom is 0.138 e. The van der Waals surface area contributed by atoms with Crippen molar-refractivity contribution in [3.63, 3.8) is 0 Å². The summed E-state index contributed by atoms with van der Waals surface area (Å²) in [5, 5.41) is 0. The van der Waals surface area contributed by atoms with Crippen LogP contribution in [0, 0.1) is 6.92 Å². The molecule has 1 aliphatic rings. The number of anilines is 1. The average molecular weight is 230 g/mol. The van der Waals surface area contributed by atoms with Gasteiger partial charge in [-0.3, -0.25) is 4.40 Å². The van der Waals surface area contributed by atoms with E-state index >= 15 is 0 Å². The Kier molecular flexibility index (Phi) is 2.52. The zero-order valence-corrected chi connectivity index (χ0v) is 10.4. The number of aromatic nitrogens is 2. The van der Waals surface area contributed by atoms with Gasteiger partial charge in [0, 0.05) is 32.4 Å². The number of hydrogen-bond donors (Lipinski definition) is 0. The van der Waals surface area contributed by atoms with Crippen LogP contribution >= 0.6 is 0 Å². The van der Waals surface area contributed by atoms with E-state index in [1.807, 2.05) is 6.20 Å². The standard InChI is InChI=1S/C13H18N4/c1-11-3-4-17-12(9-11)14-10-13(17)16-7-5-15(2)6-8-16/h3-4,9-10H,5-8H2,1-2H3. The molecule has 4 nitrogen and oxygen atoms in total. The molecule has 0 saturated carbocycles. The minimum Gasteiger partial charge on any atom is -0.354 e. The van der Waals surface area contributed by atoms with Crippen LogP contribution in [0.5, 0.6) is 0 Å². The Morgan fingerprint density at radius 3 is 2.71 bits per heavy atom. The van der Waals surface area contributed by atoms with Crippen LogP contribution in [0.2, 0.25) is 0 Å². The number of rotatable bonds is 1. The van der Waals surface area contributed by atoms with Gasteiger partial charge >= 0.3 is 0 Å². The first-order valence-electron chi connectivity index (χ1n) is 6.11. The van der Waals surface area contributed by atoms with Crippen molar-refractivity contribution >= 4 is 11.5 Å². The number of pyridine rings is 1. The lowest BCUT2D eigenvalue weighted by Crippen LogP contribution is -2.44. The molecule has 3 heterocycles. The quantitative estimate of drug-likeness (QED) is 0.740. The van der Waals surface area contributed by atoms with Crippen LogP contribution < -0.4 is 4.90 Å². The predicted octanol–water partition coefficient (Wildman–Crippen LogP) is 1.39. The fraction of sp³-hybridized carbons (Fsp3) is 0.462. The Bertz CT molecular complexity index is 523. The lowest BCUT2D eigenvalue weighted by molar-refractivity contribution is 0.312. The van der Waals surface area contributed by atoms with E-state index in [-0.39, 0.29) is 0 Å². The molecule has 2 aromatic rings. The molecule has 0 amide bonds. The Balaban J connectivity index is 1.95. The molecule has 1 aliphatic heterocycles. The topological polar surface area (TPSA) is 23.8 Å². The summed E-state index contributed by atoms with van der Waals surface area (Å²) >= 11 is 0. The van der Waals surface area contributed by atoms with Gasteiger partial charge in [0.15, 0.2) is 0 Å². The van der Waals surface area contributed by atoms with E-state index < -0.39 is 0 Å². The largest absolute Gasteiger partial charge is 0.354 e. The average Bonchev–Trinajstić information content (AvgIpc) is 2.73. The normalized spacial score (nSPS) is 17.9. The van der Waals surface area contributed by atoms with Gasteiger partial charge in [-0.05, 0) is 31.7 Å². The Morgan fingerprint density at radius 2 is 1.94 bits per heavy atom. The van der Waals surface area contributed by atoms with E-state index in [2.05, 4.69) is 51.5 Å². The number of imidazole rings is 1. The molecular weight excluding hydrogens is 212 g/mol. The first-order valence-corrected chi connectivity index (χ1v) is 6.11.